The summed E-state index contributed by atoms with van der Waals surface area (Å²) in [4.78, 5) is 27.2. The number of rotatable bonds is 5. The van der Waals surface area contributed by atoms with Crippen molar-refractivity contribution in [3.63, 3.8) is 0 Å². The van der Waals surface area contributed by atoms with Gasteiger partial charge in [-0.3, -0.25) is 9.59 Å². The van der Waals surface area contributed by atoms with Crippen molar-refractivity contribution in [1.29, 1.82) is 5.26 Å². The van der Waals surface area contributed by atoms with Crippen molar-refractivity contribution in [3.8, 4) is 6.07 Å². The van der Waals surface area contributed by atoms with Gasteiger partial charge in [0, 0.05) is 23.9 Å². The number of fused-ring (bicyclic) bond motifs is 1. The number of anilines is 1. The van der Waals surface area contributed by atoms with E-state index in [1.54, 1.807) is 6.08 Å². The Hall–Kier alpha value is -2.91. The number of carbonyl (C=O) groups excluding carboxylic acids is 2. The zero-order valence-electron chi connectivity index (χ0n) is 15.2. The average Bonchev–Trinajstić information content (AvgIpc) is 3.03. The summed E-state index contributed by atoms with van der Waals surface area (Å²) in [6.07, 6.45) is 5.22. The summed E-state index contributed by atoms with van der Waals surface area (Å²) in [5.41, 5.74) is 2.42. The second-order valence-electron chi connectivity index (χ2n) is 6.37. The average molecular weight is 379 g/mol. The molecule has 1 aliphatic rings. The van der Waals surface area contributed by atoms with Crippen molar-refractivity contribution in [1.82, 2.24) is 4.90 Å². The van der Waals surface area contributed by atoms with E-state index in [0.717, 1.165) is 22.4 Å². The number of benzene rings is 1. The summed E-state index contributed by atoms with van der Waals surface area (Å²) in [6.45, 7) is 3.13. The monoisotopic (exact) mass is 379 g/mol. The molecule has 0 fully saturated rings. The van der Waals surface area contributed by atoms with E-state index in [1.165, 1.54) is 17.4 Å². The van der Waals surface area contributed by atoms with Crippen LogP contribution in [0, 0.1) is 11.3 Å². The first-order chi connectivity index (χ1) is 13.1. The first-order valence-electron chi connectivity index (χ1n) is 8.99. The number of amides is 2. The van der Waals surface area contributed by atoms with Crippen LogP contribution in [0.5, 0.6) is 0 Å². The van der Waals surface area contributed by atoms with Crippen LogP contribution < -0.4 is 5.32 Å². The maximum atomic E-state index is 12.3. The van der Waals surface area contributed by atoms with E-state index in [-0.39, 0.29) is 11.8 Å². The van der Waals surface area contributed by atoms with Crippen LogP contribution >= 0.6 is 11.3 Å². The summed E-state index contributed by atoms with van der Waals surface area (Å²) in [7, 11) is 0. The molecule has 2 aromatic rings. The van der Waals surface area contributed by atoms with E-state index in [9.17, 15) is 14.9 Å². The largest absolute Gasteiger partial charge is 0.337 e. The normalized spacial score (nSPS) is 13.3. The standard InChI is InChI=1S/C21H21N3O2S/c1-2-6-20(26)24-12-11-16-17(13-22)21(27-18(16)14-24)23-19(25)10-9-15-7-4-3-5-8-15/h3-5,7-10H,2,6,11-12,14H2,1H3,(H,23,25). The van der Waals surface area contributed by atoms with Gasteiger partial charge in [-0.25, -0.2) is 0 Å². The third kappa shape index (κ3) is 4.44. The Morgan fingerprint density at radius 2 is 2.11 bits per heavy atom. The SMILES string of the molecule is CCCC(=O)N1CCc2c(sc(NC(=O)C=Cc3ccccc3)c2C#N)C1. The minimum absolute atomic E-state index is 0.145. The third-order valence-corrected chi connectivity index (χ3v) is 5.58. The molecule has 0 atom stereocenters. The lowest BCUT2D eigenvalue weighted by Gasteiger charge is -2.26. The van der Waals surface area contributed by atoms with Crippen LogP contribution in [-0.2, 0) is 22.6 Å². The summed E-state index contributed by atoms with van der Waals surface area (Å²) < 4.78 is 0. The number of carbonyl (C=O) groups is 2. The fourth-order valence-corrected chi connectivity index (χ4v) is 4.30. The molecule has 2 amide bonds. The molecule has 3 rings (SSSR count). The molecule has 1 aromatic carbocycles. The molecule has 0 spiro atoms. The number of hydrogen-bond acceptors (Lipinski definition) is 4. The van der Waals surface area contributed by atoms with Gasteiger partial charge < -0.3 is 10.2 Å². The number of nitrogens with one attached hydrogen (secondary N) is 1. The van der Waals surface area contributed by atoms with Crippen LogP contribution in [0.3, 0.4) is 0 Å². The van der Waals surface area contributed by atoms with Gasteiger partial charge in [-0.05, 0) is 30.0 Å². The van der Waals surface area contributed by atoms with Gasteiger partial charge in [0.1, 0.15) is 11.1 Å². The molecule has 1 N–H and O–H groups in total. The highest BCUT2D eigenvalue weighted by Crippen LogP contribution is 2.36. The molecule has 5 nitrogen and oxygen atoms in total. The maximum absolute atomic E-state index is 12.3. The highest BCUT2D eigenvalue weighted by atomic mass is 32.1. The molecular weight excluding hydrogens is 358 g/mol. The predicted molar refractivity (Wildman–Crippen MR) is 107 cm³/mol. The van der Waals surface area contributed by atoms with E-state index >= 15 is 0 Å². The highest BCUT2D eigenvalue weighted by molar-refractivity contribution is 7.16. The maximum Gasteiger partial charge on any atom is 0.249 e. The van der Waals surface area contributed by atoms with Gasteiger partial charge in [-0.2, -0.15) is 5.26 Å². The van der Waals surface area contributed by atoms with Gasteiger partial charge in [-0.1, -0.05) is 37.3 Å². The minimum atomic E-state index is -0.270. The molecule has 2 heterocycles. The molecule has 0 aliphatic carbocycles. The molecular formula is C21H21N3O2S. The second-order valence-corrected chi connectivity index (χ2v) is 7.47. The number of nitriles is 1. The van der Waals surface area contributed by atoms with Crippen molar-refractivity contribution >= 4 is 34.2 Å². The third-order valence-electron chi connectivity index (χ3n) is 4.45. The van der Waals surface area contributed by atoms with E-state index < -0.39 is 0 Å². The Balaban J connectivity index is 1.74. The topological polar surface area (TPSA) is 73.2 Å². The highest BCUT2D eigenvalue weighted by Gasteiger charge is 2.26. The number of thiophene rings is 1. The fourth-order valence-electron chi connectivity index (χ4n) is 3.08. The van der Waals surface area contributed by atoms with Crippen LogP contribution in [0.2, 0.25) is 0 Å². The second kappa shape index (κ2) is 8.65. The van der Waals surface area contributed by atoms with Crippen LogP contribution in [0.25, 0.3) is 6.08 Å². The zero-order chi connectivity index (χ0) is 19.2. The van der Waals surface area contributed by atoms with Crippen LogP contribution in [0.4, 0.5) is 5.00 Å². The molecule has 0 unspecified atom stereocenters. The summed E-state index contributed by atoms with van der Waals surface area (Å²) >= 11 is 1.39. The summed E-state index contributed by atoms with van der Waals surface area (Å²) in [6, 6.07) is 11.8. The Morgan fingerprint density at radius 3 is 2.81 bits per heavy atom. The smallest absolute Gasteiger partial charge is 0.249 e. The van der Waals surface area contributed by atoms with Gasteiger partial charge in [0.05, 0.1) is 12.1 Å². The molecule has 6 heteroatoms. The zero-order valence-corrected chi connectivity index (χ0v) is 16.0. The van der Waals surface area contributed by atoms with Crippen molar-refractivity contribution in [3.05, 3.63) is 58.0 Å². The molecule has 1 aromatic heterocycles. The quantitative estimate of drug-likeness (QED) is 0.799. The van der Waals surface area contributed by atoms with Crippen LogP contribution in [0.1, 0.15) is 41.3 Å². The van der Waals surface area contributed by atoms with Crippen molar-refractivity contribution in [2.45, 2.75) is 32.7 Å². The first-order valence-corrected chi connectivity index (χ1v) is 9.80. The Bertz CT molecular complexity index is 909. The molecule has 0 bridgehead atoms. The lowest BCUT2D eigenvalue weighted by atomic mass is 10.0. The van der Waals surface area contributed by atoms with Gasteiger partial charge >= 0.3 is 0 Å². The van der Waals surface area contributed by atoms with Crippen molar-refractivity contribution < 1.29 is 9.59 Å². The first kappa shape index (κ1) is 18.9. The van der Waals surface area contributed by atoms with E-state index in [0.29, 0.717) is 36.5 Å². The van der Waals surface area contributed by atoms with Crippen molar-refractivity contribution in [2.75, 3.05) is 11.9 Å². The molecule has 138 valence electrons. The van der Waals surface area contributed by atoms with E-state index in [4.69, 9.17) is 0 Å². The van der Waals surface area contributed by atoms with Gasteiger partial charge in [0.25, 0.3) is 0 Å². The minimum Gasteiger partial charge on any atom is -0.337 e. The molecule has 27 heavy (non-hydrogen) atoms. The predicted octanol–water partition coefficient (Wildman–Crippen LogP) is 3.96. The molecule has 0 radical (unpaired) electrons. The molecule has 0 saturated carbocycles. The summed E-state index contributed by atoms with van der Waals surface area (Å²) in [5, 5.41) is 12.9. The Morgan fingerprint density at radius 1 is 1.33 bits per heavy atom. The van der Waals surface area contributed by atoms with Crippen molar-refractivity contribution in [2.24, 2.45) is 0 Å². The number of hydrogen-bond donors (Lipinski definition) is 1. The lowest BCUT2D eigenvalue weighted by Crippen LogP contribution is -2.35. The van der Waals surface area contributed by atoms with Crippen LogP contribution in [-0.4, -0.2) is 23.3 Å². The Kier molecular flexibility index (Phi) is 6.05. The Labute approximate surface area is 162 Å². The van der Waals surface area contributed by atoms with E-state index in [1.807, 2.05) is 42.2 Å². The molecule has 1 aliphatic heterocycles. The summed E-state index contributed by atoms with van der Waals surface area (Å²) in [5.74, 6) is -0.126. The van der Waals surface area contributed by atoms with Gasteiger partial charge in [0.2, 0.25) is 11.8 Å². The fraction of sp³-hybridized carbons (Fsp3) is 0.286. The van der Waals surface area contributed by atoms with Crippen LogP contribution in [0.15, 0.2) is 36.4 Å². The number of nitrogens with zero attached hydrogens (tertiary/aromatic N) is 2. The lowest BCUT2D eigenvalue weighted by molar-refractivity contribution is -0.132. The van der Waals surface area contributed by atoms with Gasteiger partial charge in [0.15, 0.2) is 0 Å². The van der Waals surface area contributed by atoms with Gasteiger partial charge in [-0.15, -0.1) is 11.3 Å². The van der Waals surface area contributed by atoms with E-state index in [2.05, 4.69) is 11.4 Å². The molecule has 0 saturated heterocycles.